The molecule has 3 rings (SSSR count). The lowest BCUT2D eigenvalue weighted by Crippen LogP contribution is -2.46. The van der Waals surface area contributed by atoms with E-state index in [4.69, 9.17) is 0 Å². The summed E-state index contributed by atoms with van der Waals surface area (Å²) in [5.41, 5.74) is 1.29. The van der Waals surface area contributed by atoms with Crippen LogP contribution < -0.4 is 10.2 Å². The van der Waals surface area contributed by atoms with Crippen LogP contribution in [-0.4, -0.2) is 48.4 Å². The third kappa shape index (κ3) is 3.91. The fourth-order valence-corrected chi connectivity index (χ4v) is 2.79. The highest BCUT2D eigenvalue weighted by atomic mass is 79.9. The second-order valence-corrected chi connectivity index (χ2v) is 6.41. The topological polar surface area (TPSA) is 65.5 Å². The van der Waals surface area contributed by atoms with E-state index in [0.717, 1.165) is 22.4 Å². The van der Waals surface area contributed by atoms with Crippen molar-refractivity contribution in [3.63, 3.8) is 0 Å². The number of pyridine rings is 1. The smallest absolute Gasteiger partial charge is 0.255 e. The minimum Gasteiger partial charge on any atom is -0.353 e. The average Bonchev–Trinajstić information content (AvgIpc) is 2.64. The first-order valence-corrected chi connectivity index (χ1v) is 8.42. The number of hydrogen-bond donors (Lipinski definition) is 1. The zero-order valence-electron chi connectivity index (χ0n) is 13.0. The van der Waals surface area contributed by atoms with Crippen molar-refractivity contribution < 1.29 is 9.59 Å². The third-order valence-corrected chi connectivity index (χ3v) is 4.43. The number of piperazine rings is 1. The zero-order chi connectivity index (χ0) is 16.9. The molecule has 0 spiro atoms. The molecule has 24 heavy (non-hydrogen) atoms. The molecule has 0 saturated carbocycles. The number of halogens is 1. The Morgan fingerprint density at radius 3 is 2.50 bits per heavy atom. The number of benzene rings is 1. The Labute approximate surface area is 148 Å². The quantitative estimate of drug-likeness (QED) is 0.816. The highest BCUT2D eigenvalue weighted by Gasteiger charge is 2.17. The van der Waals surface area contributed by atoms with Crippen LogP contribution in [-0.2, 0) is 4.79 Å². The van der Waals surface area contributed by atoms with Crippen molar-refractivity contribution in [1.29, 1.82) is 0 Å². The van der Waals surface area contributed by atoms with Crippen LogP contribution in [0.1, 0.15) is 10.4 Å². The first kappa shape index (κ1) is 16.4. The number of aromatic nitrogens is 1. The largest absolute Gasteiger partial charge is 0.353 e. The summed E-state index contributed by atoms with van der Waals surface area (Å²) in [6.45, 7) is 2.76. The Bertz CT molecular complexity index is 728. The van der Waals surface area contributed by atoms with Gasteiger partial charge in [0.05, 0.1) is 0 Å². The van der Waals surface area contributed by atoms with Crippen LogP contribution >= 0.6 is 15.9 Å². The molecule has 2 aromatic rings. The highest BCUT2D eigenvalue weighted by molar-refractivity contribution is 9.10. The normalized spacial score (nSPS) is 14.4. The Morgan fingerprint density at radius 2 is 1.83 bits per heavy atom. The minimum absolute atomic E-state index is 0.174. The van der Waals surface area contributed by atoms with E-state index >= 15 is 0 Å². The van der Waals surface area contributed by atoms with Crippen molar-refractivity contribution in [3.05, 3.63) is 52.6 Å². The second kappa shape index (κ2) is 7.44. The van der Waals surface area contributed by atoms with Crippen LogP contribution in [0.4, 0.5) is 11.5 Å². The van der Waals surface area contributed by atoms with Gasteiger partial charge in [0.25, 0.3) is 5.91 Å². The fourth-order valence-electron chi connectivity index (χ4n) is 2.53. The minimum atomic E-state index is -0.174. The number of nitrogens with one attached hydrogen (secondary N) is 1. The molecule has 1 fully saturated rings. The predicted octanol–water partition coefficient (Wildman–Crippen LogP) is 2.37. The summed E-state index contributed by atoms with van der Waals surface area (Å²) in [6, 6.07) is 10.9. The molecule has 2 amide bonds. The second-order valence-electron chi connectivity index (χ2n) is 5.49. The Balaban J connectivity index is 1.69. The highest BCUT2D eigenvalue weighted by Crippen LogP contribution is 2.18. The standard InChI is InChI=1S/C17H17BrN4O2/c18-14-1-3-15(4-2-14)20-17(24)13-5-6-19-16(11-13)22-9-7-21(12-23)8-10-22/h1-6,11-12H,7-10H2,(H,20,24). The molecule has 0 radical (unpaired) electrons. The number of anilines is 2. The van der Waals surface area contributed by atoms with Gasteiger partial charge < -0.3 is 15.1 Å². The van der Waals surface area contributed by atoms with E-state index in [2.05, 4.69) is 31.1 Å². The van der Waals surface area contributed by atoms with Crippen LogP contribution in [0.3, 0.4) is 0 Å². The van der Waals surface area contributed by atoms with Crippen molar-refractivity contribution in [2.75, 3.05) is 36.4 Å². The van der Waals surface area contributed by atoms with Crippen molar-refractivity contribution in [1.82, 2.24) is 9.88 Å². The Hall–Kier alpha value is -2.41. The summed E-state index contributed by atoms with van der Waals surface area (Å²) in [7, 11) is 0. The predicted molar refractivity (Wildman–Crippen MR) is 96.2 cm³/mol. The Kier molecular flexibility index (Phi) is 5.10. The maximum absolute atomic E-state index is 12.4. The lowest BCUT2D eigenvalue weighted by atomic mass is 10.2. The number of amides is 2. The number of carbonyl (C=O) groups excluding carboxylic acids is 2. The van der Waals surface area contributed by atoms with Gasteiger partial charge in [-0.3, -0.25) is 9.59 Å². The SMILES string of the molecule is O=CN1CCN(c2cc(C(=O)Nc3ccc(Br)cc3)ccn2)CC1. The van der Waals surface area contributed by atoms with Gasteiger partial charge in [-0.1, -0.05) is 15.9 Å². The molecule has 1 aromatic heterocycles. The van der Waals surface area contributed by atoms with Crippen LogP contribution in [0.15, 0.2) is 47.1 Å². The molecule has 0 atom stereocenters. The molecule has 1 aliphatic heterocycles. The van der Waals surface area contributed by atoms with Gasteiger partial charge in [0.1, 0.15) is 5.82 Å². The molecule has 6 nitrogen and oxygen atoms in total. The summed E-state index contributed by atoms with van der Waals surface area (Å²) in [6.07, 6.45) is 2.50. The van der Waals surface area contributed by atoms with Gasteiger partial charge >= 0.3 is 0 Å². The van der Waals surface area contributed by atoms with Crippen LogP contribution in [0.2, 0.25) is 0 Å². The number of carbonyl (C=O) groups is 2. The van der Waals surface area contributed by atoms with Gasteiger partial charge in [0.15, 0.2) is 0 Å². The van der Waals surface area contributed by atoms with E-state index in [1.54, 1.807) is 23.2 Å². The summed E-state index contributed by atoms with van der Waals surface area (Å²) in [5, 5.41) is 2.87. The Morgan fingerprint density at radius 1 is 1.12 bits per heavy atom. The van der Waals surface area contributed by atoms with Gasteiger partial charge in [-0.05, 0) is 36.4 Å². The van der Waals surface area contributed by atoms with E-state index in [1.165, 1.54) is 0 Å². The zero-order valence-corrected chi connectivity index (χ0v) is 14.6. The molecule has 0 bridgehead atoms. The molecule has 124 valence electrons. The van der Waals surface area contributed by atoms with Gasteiger partial charge in [-0.2, -0.15) is 0 Å². The van der Waals surface area contributed by atoms with Crippen molar-refractivity contribution in [2.24, 2.45) is 0 Å². The number of hydrogen-bond acceptors (Lipinski definition) is 4. The van der Waals surface area contributed by atoms with Gasteiger partial charge in [0, 0.05) is 48.1 Å². The van der Waals surface area contributed by atoms with Gasteiger partial charge in [-0.15, -0.1) is 0 Å². The number of nitrogens with zero attached hydrogens (tertiary/aromatic N) is 3. The lowest BCUT2D eigenvalue weighted by Gasteiger charge is -2.33. The molecular weight excluding hydrogens is 372 g/mol. The van der Waals surface area contributed by atoms with E-state index < -0.39 is 0 Å². The van der Waals surface area contributed by atoms with E-state index in [9.17, 15) is 9.59 Å². The maximum atomic E-state index is 12.4. The molecule has 0 unspecified atom stereocenters. The summed E-state index contributed by atoms with van der Waals surface area (Å²) in [5.74, 6) is 0.580. The summed E-state index contributed by atoms with van der Waals surface area (Å²) < 4.78 is 0.959. The third-order valence-electron chi connectivity index (χ3n) is 3.90. The van der Waals surface area contributed by atoms with E-state index in [0.29, 0.717) is 31.7 Å². The lowest BCUT2D eigenvalue weighted by molar-refractivity contribution is -0.118. The fraction of sp³-hybridized carbons (Fsp3) is 0.235. The first-order valence-electron chi connectivity index (χ1n) is 7.63. The number of rotatable bonds is 4. The molecule has 1 aliphatic rings. The van der Waals surface area contributed by atoms with Gasteiger partial charge in [0.2, 0.25) is 6.41 Å². The molecule has 2 heterocycles. The molecular formula is C17H17BrN4O2. The van der Waals surface area contributed by atoms with E-state index in [1.807, 2.05) is 24.3 Å². The average molecular weight is 389 g/mol. The molecule has 0 aliphatic carbocycles. The molecule has 1 aromatic carbocycles. The maximum Gasteiger partial charge on any atom is 0.255 e. The van der Waals surface area contributed by atoms with Crippen molar-refractivity contribution >= 4 is 39.8 Å². The molecule has 7 heteroatoms. The van der Waals surface area contributed by atoms with Gasteiger partial charge in [-0.25, -0.2) is 4.98 Å². The summed E-state index contributed by atoms with van der Waals surface area (Å²) >= 11 is 3.37. The van der Waals surface area contributed by atoms with Crippen LogP contribution in [0, 0.1) is 0 Å². The summed E-state index contributed by atoms with van der Waals surface area (Å²) in [4.78, 5) is 31.4. The monoisotopic (exact) mass is 388 g/mol. The first-order chi connectivity index (χ1) is 11.7. The van der Waals surface area contributed by atoms with Crippen molar-refractivity contribution in [2.45, 2.75) is 0 Å². The van der Waals surface area contributed by atoms with E-state index in [-0.39, 0.29) is 5.91 Å². The molecule has 1 N–H and O–H groups in total. The van der Waals surface area contributed by atoms with Crippen molar-refractivity contribution in [3.8, 4) is 0 Å². The van der Waals surface area contributed by atoms with Crippen LogP contribution in [0.5, 0.6) is 0 Å². The molecule has 1 saturated heterocycles. The van der Waals surface area contributed by atoms with Crippen LogP contribution in [0.25, 0.3) is 0 Å².